The molecular weight excluding hydrogens is 172 g/mol. The van der Waals surface area contributed by atoms with Crippen LogP contribution in [0.2, 0.25) is 0 Å². The summed E-state index contributed by atoms with van der Waals surface area (Å²) in [5, 5.41) is 3.69. The van der Waals surface area contributed by atoms with E-state index in [2.05, 4.69) is 37.9 Å². The molecule has 0 aromatic rings. The molecular formula is C12H24N2. The number of nitrogens with one attached hydrogen (secondary N) is 1. The third-order valence-electron chi connectivity index (χ3n) is 3.71. The zero-order valence-electron chi connectivity index (χ0n) is 9.96. The molecule has 1 heterocycles. The fourth-order valence-electron chi connectivity index (χ4n) is 2.66. The maximum Gasteiger partial charge on any atom is 0.0156 e. The Morgan fingerprint density at radius 1 is 1.14 bits per heavy atom. The highest BCUT2D eigenvalue weighted by molar-refractivity contribution is 5.10. The Morgan fingerprint density at radius 2 is 1.71 bits per heavy atom. The second-order valence-electron chi connectivity index (χ2n) is 5.70. The Bertz CT molecular complexity index is 182. The minimum absolute atomic E-state index is 0.744. The van der Waals surface area contributed by atoms with Crippen molar-refractivity contribution in [3.63, 3.8) is 0 Å². The molecule has 2 aliphatic rings. The molecule has 82 valence electrons. The second-order valence-corrected chi connectivity index (χ2v) is 5.70. The number of hydrogen-bond acceptors (Lipinski definition) is 2. The quantitative estimate of drug-likeness (QED) is 0.734. The lowest BCUT2D eigenvalue weighted by molar-refractivity contribution is 0.237. The van der Waals surface area contributed by atoms with Crippen molar-refractivity contribution in [1.82, 2.24) is 10.2 Å². The van der Waals surface area contributed by atoms with Gasteiger partial charge in [-0.1, -0.05) is 13.8 Å². The monoisotopic (exact) mass is 196 g/mol. The summed E-state index contributed by atoms with van der Waals surface area (Å²) >= 11 is 0. The topological polar surface area (TPSA) is 15.3 Å². The van der Waals surface area contributed by atoms with Gasteiger partial charge >= 0.3 is 0 Å². The summed E-state index contributed by atoms with van der Waals surface area (Å²) in [6, 6.07) is 1.60. The lowest BCUT2D eigenvalue weighted by atomic mass is 10.2. The molecule has 1 saturated heterocycles. The smallest absolute Gasteiger partial charge is 0.0156 e. The number of nitrogens with zero attached hydrogens (tertiary/aromatic N) is 1. The second kappa shape index (κ2) is 3.82. The molecule has 1 N–H and O–H groups in total. The maximum absolute atomic E-state index is 3.69. The zero-order chi connectivity index (χ0) is 10.3. The van der Waals surface area contributed by atoms with Crippen molar-refractivity contribution in [2.24, 2.45) is 17.8 Å². The van der Waals surface area contributed by atoms with Gasteiger partial charge in [0.1, 0.15) is 0 Å². The molecule has 2 heteroatoms. The largest absolute Gasteiger partial charge is 0.313 e. The molecule has 1 saturated carbocycles. The number of piperidine rings is 1. The van der Waals surface area contributed by atoms with Crippen LogP contribution in [0, 0.1) is 17.8 Å². The molecule has 1 aliphatic heterocycles. The number of likely N-dealkylation sites (tertiary alicyclic amines) is 1. The predicted octanol–water partition coefficient (Wildman–Crippen LogP) is 1.57. The summed E-state index contributed by atoms with van der Waals surface area (Å²) in [6.07, 6.45) is 0. The van der Waals surface area contributed by atoms with E-state index in [1.54, 1.807) is 0 Å². The normalized spacial score (nSPS) is 36.9. The van der Waals surface area contributed by atoms with Crippen LogP contribution in [-0.4, -0.2) is 36.6 Å². The molecule has 0 spiro atoms. The first-order valence-corrected chi connectivity index (χ1v) is 6.07. The average Bonchev–Trinajstić information content (AvgIpc) is 2.57. The first-order valence-electron chi connectivity index (χ1n) is 6.07. The number of rotatable bonds is 4. The van der Waals surface area contributed by atoms with Gasteiger partial charge in [0, 0.05) is 25.2 Å². The third-order valence-corrected chi connectivity index (χ3v) is 3.71. The van der Waals surface area contributed by atoms with Crippen molar-refractivity contribution in [2.75, 3.05) is 19.6 Å². The van der Waals surface area contributed by atoms with Gasteiger partial charge in [0.25, 0.3) is 0 Å². The van der Waals surface area contributed by atoms with Gasteiger partial charge in [0.15, 0.2) is 0 Å². The summed E-state index contributed by atoms with van der Waals surface area (Å²) in [6.45, 7) is 13.0. The number of hydrogen-bond donors (Lipinski definition) is 1. The maximum atomic E-state index is 3.69. The van der Waals surface area contributed by atoms with E-state index in [9.17, 15) is 0 Å². The highest BCUT2D eigenvalue weighted by atomic mass is 15.2. The van der Waals surface area contributed by atoms with E-state index in [0.717, 1.165) is 29.8 Å². The van der Waals surface area contributed by atoms with Crippen molar-refractivity contribution in [3.8, 4) is 0 Å². The first kappa shape index (κ1) is 10.4. The van der Waals surface area contributed by atoms with Gasteiger partial charge in [-0.3, -0.25) is 0 Å². The molecule has 2 atom stereocenters. The van der Waals surface area contributed by atoms with Gasteiger partial charge in [-0.25, -0.2) is 0 Å². The van der Waals surface area contributed by atoms with Crippen LogP contribution in [-0.2, 0) is 0 Å². The molecule has 0 aromatic carbocycles. The first-order chi connectivity index (χ1) is 6.59. The zero-order valence-corrected chi connectivity index (χ0v) is 9.96. The molecule has 1 aliphatic carbocycles. The van der Waals surface area contributed by atoms with Crippen molar-refractivity contribution in [2.45, 2.75) is 39.8 Å². The Balaban J connectivity index is 1.70. The van der Waals surface area contributed by atoms with E-state index in [1.807, 2.05) is 0 Å². The third kappa shape index (κ3) is 1.96. The van der Waals surface area contributed by atoms with Crippen LogP contribution in [0.3, 0.4) is 0 Å². The molecule has 2 fully saturated rings. The van der Waals surface area contributed by atoms with Crippen LogP contribution >= 0.6 is 0 Å². The molecule has 0 aromatic heterocycles. The van der Waals surface area contributed by atoms with Crippen LogP contribution in [0.15, 0.2) is 0 Å². The van der Waals surface area contributed by atoms with Crippen molar-refractivity contribution < 1.29 is 0 Å². The van der Waals surface area contributed by atoms with Gasteiger partial charge in [0.05, 0.1) is 0 Å². The van der Waals surface area contributed by atoms with Gasteiger partial charge < -0.3 is 10.2 Å². The molecule has 14 heavy (non-hydrogen) atoms. The van der Waals surface area contributed by atoms with Gasteiger partial charge in [-0.05, 0) is 38.1 Å². The van der Waals surface area contributed by atoms with Crippen molar-refractivity contribution >= 4 is 0 Å². The molecule has 0 bridgehead atoms. The molecule has 2 rings (SSSR count). The van der Waals surface area contributed by atoms with E-state index in [-0.39, 0.29) is 0 Å². The SMILES string of the molecule is CC(C)CNC1C2CN(C(C)C)CC21. The van der Waals surface area contributed by atoms with Gasteiger partial charge in [-0.2, -0.15) is 0 Å². The summed E-state index contributed by atoms with van der Waals surface area (Å²) in [7, 11) is 0. The standard InChI is InChI=1S/C12H24N2/c1-8(2)5-13-12-10-6-14(9(3)4)7-11(10)12/h8-13H,5-7H2,1-4H3. The van der Waals surface area contributed by atoms with Crippen LogP contribution in [0.5, 0.6) is 0 Å². The lowest BCUT2D eigenvalue weighted by Gasteiger charge is -2.23. The molecule has 0 amide bonds. The fraction of sp³-hybridized carbons (Fsp3) is 1.00. The Hall–Kier alpha value is -0.0800. The van der Waals surface area contributed by atoms with Gasteiger partial charge in [0.2, 0.25) is 0 Å². The van der Waals surface area contributed by atoms with Crippen molar-refractivity contribution in [3.05, 3.63) is 0 Å². The van der Waals surface area contributed by atoms with Crippen LogP contribution < -0.4 is 5.32 Å². The minimum atomic E-state index is 0.744. The van der Waals surface area contributed by atoms with E-state index < -0.39 is 0 Å². The molecule has 0 radical (unpaired) electrons. The number of fused-ring (bicyclic) bond motifs is 1. The van der Waals surface area contributed by atoms with Crippen LogP contribution in [0.4, 0.5) is 0 Å². The van der Waals surface area contributed by atoms with Gasteiger partial charge in [-0.15, -0.1) is 0 Å². The van der Waals surface area contributed by atoms with E-state index in [4.69, 9.17) is 0 Å². The van der Waals surface area contributed by atoms with E-state index in [1.165, 1.54) is 19.6 Å². The van der Waals surface area contributed by atoms with Crippen molar-refractivity contribution in [1.29, 1.82) is 0 Å². The summed E-state index contributed by atoms with van der Waals surface area (Å²) in [5.41, 5.74) is 0. The highest BCUT2D eigenvalue weighted by Crippen LogP contribution is 2.45. The minimum Gasteiger partial charge on any atom is -0.313 e. The fourth-order valence-corrected chi connectivity index (χ4v) is 2.66. The van der Waals surface area contributed by atoms with Crippen LogP contribution in [0.1, 0.15) is 27.7 Å². The summed E-state index contributed by atoms with van der Waals surface area (Å²) in [4.78, 5) is 2.61. The highest BCUT2D eigenvalue weighted by Gasteiger charge is 2.55. The van der Waals surface area contributed by atoms with E-state index >= 15 is 0 Å². The molecule has 2 unspecified atom stereocenters. The Morgan fingerprint density at radius 3 is 2.14 bits per heavy atom. The van der Waals surface area contributed by atoms with Crippen LogP contribution in [0.25, 0.3) is 0 Å². The summed E-state index contributed by atoms with van der Waals surface area (Å²) in [5.74, 6) is 2.73. The van der Waals surface area contributed by atoms with E-state index in [0.29, 0.717) is 0 Å². The lowest BCUT2D eigenvalue weighted by Crippen LogP contribution is -2.36. The Labute approximate surface area is 88.1 Å². The summed E-state index contributed by atoms with van der Waals surface area (Å²) < 4.78 is 0. The molecule has 2 nitrogen and oxygen atoms in total. The Kier molecular flexibility index (Phi) is 2.85. The predicted molar refractivity (Wildman–Crippen MR) is 60.3 cm³/mol. The average molecular weight is 196 g/mol.